The number of benzene rings is 3. The Morgan fingerprint density at radius 1 is 1.06 bits per heavy atom. The summed E-state index contributed by atoms with van der Waals surface area (Å²) in [7, 11) is 1.52. The van der Waals surface area contributed by atoms with E-state index in [0.29, 0.717) is 17.0 Å². The average Bonchev–Trinajstić information content (AvgIpc) is 2.83. The molecule has 4 rings (SSSR count). The van der Waals surface area contributed by atoms with E-state index in [9.17, 15) is 19.7 Å². The lowest BCUT2D eigenvalue weighted by atomic mass is 10.1. The van der Waals surface area contributed by atoms with Crippen molar-refractivity contribution in [1.29, 1.82) is 0 Å². The number of aromatic nitrogens is 1. The fourth-order valence-electron chi connectivity index (χ4n) is 3.68. The predicted octanol–water partition coefficient (Wildman–Crippen LogP) is 4.60. The summed E-state index contributed by atoms with van der Waals surface area (Å²) in [4.78, 5) is 41.3. The molecule has 1 N–H and O–H groups in total. The van der Waals surface area contributed by atoms with Gasteiger partial charge in [-0.25, -0.2) is 0 Å². The standard InChI is InChI=1S/C25H21N3O5/c1-16-6-3-7-17-12-19(24(29)26-23(16)17)15-27(20-9-5-11-22(14-20)33-2)25(30)18-8-4-10-21(13-18)28(31)32/h3-14H,15H2,1-2H3,(H,26,29). The zero-order valence-electron chi connectivity index (χ0n) is 18.1. The van der Waals surface area contributed by atoms with Gasteiger partial charge in [0.05, 0.1) is 24.1 Å². The Morgan fingerprint density at radius 2 is 1.82 bits per heavy atom. The van der Waals surface area contributed by atoms with Gasteiger partial charge in [0.15, 0.2) is 0 Å². The Hall–Kier alpha value is -4.46. The summed E-state index contributed by atoms with van der Waals surface area (Å²) in [5, 5.41) is 12.1. The van der Waals surface area contributed by atoms with E-state index in [1.165, 1.54) is 36.3 Å². The number of para-hydroxylation sites is 1. The first-order valence-corrected chi connectivity index (χ1v) is 10.2. The number of methoxy groups -OCH3 is 1. The lowest BCUT2D eigenvalue weighted by Gasteiger charge is -2.23. The third-order valence-corrected chi connectivity index (χ3v) is 5.41. The monoisotopic (exact) mass is 443 g/mol. The fourth-order valence-corrected chi connectivity index (χ4v) is 3.68. The van der Waals surface area contributed by atoms with Gasteiger partial charge in [-0.1, -0.05) is 30.3 Å². The van der Waals surface area contributed by atoms with Crippen LogP contribution in [0, 0.1) is 17.0 Å². The highest BCUT2D eigenvalue weighted by Crippen LogP contribution is 2.26. The van der Waals surface area contributed by atoms with Gasteiger partial charge in [0, 0.05) is 35.0 Å². The van der Waals surface area contributed by atoms with Crippen LogP contribution in [0.5, 0.6) is 5.75 Å². The van der Waals surface area contributed by atoms with Crippen molar-refractivity contribution in [2.45, 2.75) is 13.5 Å². The maximum absolute atomic E-state index is 13.5. The zero-order valence-corrected chi connectivity index (χ0v) is 18.1. The summed E-state index contributed by atoms with van der Waals surface area (Å²) < 4.78 is 5.29. The molecule has 0 bridgehead atoms. The highest BCUT2D eigenvalue weighted by molar-refractivity contribution is 6.06. The van der Waals surface area contributed by atoms with E-state index in [-0.39, 0.29) is 23.4 Å². The lowest BCUT2D eigenvalue weighted by molar-refractivity contribution is -0.384. The van der Waals surface area contributed by atoms with Crippen molar-refractivity contribution < 1.29 is 14.5 Å². The molecule has 0 fully saturated rings. The first-order valence-electron chi connectivity index (χ1n) is 10.2. The van der Waals surface area contributed by atoms with E-state index in [2.05, 4.69) is 4.98 Å². The number of rotatable bonds is 6. The smallest absolute Gasteiger partial charge is 0.270 e. The van der Waals surface area contributed by atoms with Gasteiger partial charge in [-0.2, -0.15) is 0 Å². The minimum atomic E-state index is -0.553. The topological polar surface area (TPSA) is 106 Å². The number of nitrogens with one attached hydrogen (secondary N) is 1. The molecular weight excluding hydrogens is 422 g/mol. The minimum Gasteiger partial charge on any atom is -0.497 e. The number of hydrogen-bond donors (Lipinski definition) is 1. The van der Waals surface area contributed by atoms with Crippen LogP contribution >= 0.6 is 0 Å². The van der Waals surface area contributed by atoms with Crippen molar-refractivity contribution in [2.75, 3.05) is 12.0 Å². The number of ether oxygens (including phenoxy) is 1. The van der Waals surface area contributed by atoms with Gasteiger partial charge in [-0.05, 0) is 42.1 Å². The number of anilines is 1. The number of non-ortho nitro benzene ring substituents is 1. The molecule has 33 heavy (non-hydrogen) atoms. The van der Waals surface area contributed by atoms with E-state index in [1.807, 2.05) is 25.1 Å². The maximum Gasteiger partial charge on any atom is 0.270 e. The number of nitrogens with zero attached hydrogens (tertiary/aromatic N) is 2. The van der Waals surface area contributed by atoms with Crippen LogP contribution in [-0.4, -0.2) is 22.9 Å². The van der Waals surface area contributed by atoms with Crippen molar-refractivity contribution in [3.05, 3.63) is 110 Å². The molecule has 0 aliphatic carbocycles. The third-order valence-electron chi connectivity index (χ3n) is 5.41. The molecule has 8 nitrogen and oxygen atoms in total. The van der Waals surface area contributed by atoms with E-state index in [0.717, 1.165) is 16.5 Å². The molecule has 166 valence electrons. The number of carbonyl (C=O) groups is 1. The van der Waals surface area contributed by atoms with Crippen LogP contribution in [0.2, 0.25) is 0 Å². The molecule has 0 radical (unpaired) electrons. The second-order valence-corrected chi connectivity index (χ2v) is 7.56. The number of H-pyrrole nitrogens is 1. The number of pyridine rings is 1. The van der Waals surface area contributed by atoms with E-state index < -0.39 is 10.8 Å². The molecule has 1 aromatic heterocycles. The Balaban J connectivity index is 1.81. The first kappa shape index (κ1) is 21.8. The van der Waals surface area contributed by atoms with Gasteiger partial charge < -0.3 is 14.6 Å². The highest BCUT2D eigenvalue weighted by Gasteiger charge is 2.22. The van der Waals surface area contributed by atoms with Crippen LogP contribution in [0.25, 0.3) is 10.9 Å². The number of aromatic amines is 1. The second kappa shape index (κ2) is 8.96. The van der Waals surface area contributed by atoms with Crippen molar-refractivity contribution in [2.24, 2.45) is 0 Å². The molecule has 0 spiro atoms. The average molecular weight is 443 g/mol. The normalized spacial score (nSPS) is 10.7. The molecule has 0 saturated heterocycles. The Labute approximate surface area is 189 Å². The summed E-state index contributed by atoms with van der Waals surface area (Å²) >= 11 is 0. The molecule has 0 aliphatic heterocycles. The summed E-state index contributed by atoms with van der Waals surface area (Å²) in [6.07, 6.45) is 0. The number of hydrogen-bond acceptors (Lipinski definition) is 5. The molecule has 4 aromatic rings. The predicted molar refractivity (Wildman–Crippen MR) is 126 cm³/mol. The summed E-state index contributed by atoms with van der Waals surface area (Å²) in [5.74, 6) is 0.0584. The third kappa shape index (κ3) is 4.45. The molecule has 0 saturated carbocycles. The van der Waals surface area contributed by atoms with Crippen LogP contribution in [-0.2, 0) is 6.54 Å². The molecule has 1 amide bonds. The maximum atomic E-state index is 13.5. The van der Waals surface area contributed by atoms with E-state index in [4.69, 9.17) is 4.74 Å². The number of nitro groups is 1. The number of aryl methyl sites for hydroxylation is 1. The molecular formula is C25H21N3O5. The summed E-state index contributed by atoms with van der Waals surface area (Å²) in [6.45, 7) is 1.88. The highest BCUT2D eigenvalue weighted by atomic mass is 16.6. The van der Waals surface area contributed by atoms with Gasteiger partial charge in [0.1, 0.15) is 5.75 Å². The van der Waals surface area contributed by atoms with Crippen molar-refractivity contribution in [1.82, 2.24) is 4.98 Å². The molecule has 0 atom stereocenters. The molecule has 0 unspecified atom stereocenters. The van der Waals surface area contributed by atoms with Crippen molar-refractivity contribution in [3.63, 3.8) is 0 Å². The van der Waals surface area contributed by atoms with Crippen molar-refractivity contribution >= 4 is 28.2 Å². The second-order valence-electron chi connectivity index (χ2n) is 7.56. The lowest BCUT2D eigenvalue weighted by Crippen LogP contribution is -2.33. The fraction of sp³-hybridized carbons (Fsp3) is 0.120. The van der Waals surface area contributed by atoms with Crippen LogP contribution < -0.4 is 15.2 Å². The number of nitro benzene ring substituents is 1. The van der Waals surface area contributed by atoms with Gasteiger partial charge in [-0.15, -0.1) is 0 Å². The molecule has 1 heterocycles. The molecule has 0 aliphatic rings. The Bertz CT molecular complexity index is 1430. The van der Waals surface area contributed by atoms with Gasteiger partial charge in [-0.3, -0.25) is 19.7 Å². The Morgan fingerprint density at radius 3 is 2.58 bits per heavy atom. The number of amides is 1. The number of carbonyl (C=O) groups excluding carboxylic acids is 1. The van der Waals surface area contributed by atoms with Crippen LogP contribution in [0.1, 0.15) is 21.5 Å². The Kier molecular flexibility index (Phi) is 5.91. The zero-order chi connectivity index (χ0) is 23.5. The van der Waals surface area contributed by atoms with Crippen LogP contribution in [0.4, 0.5) is 11.4 Å². The number of fused-ring (bicyclic) bond motifs is 1. The SMILES string of the molecule is COc1cccc(N(Cc2cc3cccc(C)c3[nH]c2=O)C(=O)c2cccc([N+](=O)[O-])c2)c1. The van der Waals surface area contributed by atoms with E-state index in [1.54, 1.807) is 30.3 Å². The van der Waals surface area contributed by atoms with Crippen LogP contribution in [0.3, 0.4) is 0 Å². The molecule has 3 aromatic carbocycles. The van der Waals surface area contributed by atoms with Crippen LogP contribution in [0.15, 0.2) is 77.6 Å². The molecule has 8 heteroatoms. The summed E-state index contributed by atoms with van der Waals surface area (Å²) in [5.41, 5.74) is 2.20. The van der Waals surface area contributed by atoms with E-state index >= 15 is 0 Å². The van der Waals surface area contributed by atoms with Crippen molar-refractivity contribution in [3.8, 4) is 5.75 Å². The van der Waals surface area contributed by atoms with Gasteiger partial charge in [0.2, 0.25) is 0 Å². The quantitative estimate of drug-likeness (QED) is 0.346. The van der Waals surface area contributed by atoms with Gasteiger partial charge >= 0.3 is 0 Å². The summed E-state index contributed by atoms with van der Waals surface area (Å²) in [6, 6.07) is 19.8. The first-order chi connectivity index (χ1) is 15.9. The van der Waals surface area contributed by atoms with Gasteiger partial charge in [0.25, 0.3) is 17.2 Å². The minimum absolute atomic E-state index is 0.0338. The largest absolute Gasteiger partial charge is 0.497 e.